The van der Waals surface area contributed by atoms with E-state index in [4.69, 9.17) is 0 Å². The number of rotatable bonds is 5. The van der Waals surface area contributed by atoms with Gasteiger partial charge in [-0.2, -0.15) is 0 Å². The Labute approximate surface area is 135 Å². The Balaban J connectivity index is 2.00. The van der Waals surface area contributed by atoms with Gasteiger partial charge < -0.3 is 0 Å². The van der Waals surface area contributed by atoms with Crippen LogP contribution in [0.4, 0.5) is 0 Å². The third-order valence-corrected chi connectivity index (χ3v) is 5.08. The Hall–Kier alpha value is -2.25. The van der Waals surface area contributed by atoms with Gasteiger partial charge in [0.05, 0.1) is 10.9 Å². The van der Waals surface area contributed by atoms with E-state index in [-0.39, 0.29) is 10.8 Å². The molecule has 0 bridgehead atoms. The average Bonchev–Trinajstić information content (AvgIpc) is 2.97. The maximum atomic E-state index is 12.6. The van der Waals surface area contributed by atoms with Crippen molar-refractivity contribution in [2.45, 2.75) is 24.8 Å². The molecule has 3 rings (SSSR count). The smallest absolute Gasteiger partial charge is 0.241 e. The van der Waals surface area contributed by atoms with E-state index in [1.165, 1.54) is 0 Å². The second-order valence-corrected chi connectivity index (χ2v) is 7.36. The highest BCUT2D eigenvalue weighted by Crippen LogP contribution is 2.23. The summed E-state index contributed by atoms with van der Waals surface area (Å²) in [6, 6.07) is 13.4. The topological polar surface area (TPSA) is 76.4 Å². The summed E-state index contributed by atoms with van der Waals surface area (Å²) in [6.07, 6.45) is 1.83. The number of aromatic nitrogens is 3. The Morgan fingerprint density at radius 2 is 1.70 bits per heavy atom. The summed E-state index contributed by atoms with van der Waals surface area (Å²) in [5.74, 6) is 0.594. The molecule has 0 unspecified atom stereocenters. The van der Waals surface area contributed by atoms with E-state index in [1.54, 1.807) is 34.7 Å². The molecule has 3 aromatic rings. The summed E-state index contributed by atoms with van der Waals surface area (Å²) >= 11 is 0. The SMILES string of the molecule is CC(C)[C@@H](NS(=O)(=O)c1ccccc1)c1nnc2ccccn12. The van der Waals surface area contributed by atoms with Gasteiger partial charge in [0, 0.05) is 6.20 Å². The van der Waals surface area contributed by atoms with Gasteiger partial charge in [-0.1, -0.05) is 38.1 Å². The van der Waals surface area contributed by atoms with Crippen LogP contribution in [0.2, 0.25) is 0 Å². The highest BCUT2D eigenvalue weighted by Gasteiger charge is 2.27. The van der Waals surface area contributed by atoms with Gasteiger partial charge in [0.15, 0.2) is 11.5 Å². The van der Waals surface area contributed by atoms with Gasteiger partial charge in [0.2, 0.25) is 10.0 Å². The van der Waals surface area contributed by atoms with Crippen molar-refractivity contribution in [1.29, 1.82) is 0 Å². The molecule has 7 heteroatoms. The standard InChI is InChI=1S/C16H18N4O2S/c1-12(2)15(16-18-17-14-10-6-7-11-20(14)16)19-23(21,22)13-8-4-3-5-9-13/h3-12,15,19H,1-2H3/t15-/m1/s1. The summed E-state index contributed by atoms with van der Waals surface area (Å²) in [6.45, 7) is 3.89. The number of fused-ring (bicyclic) bond motifs is 1. The lowest BCUT2D eigenvalue weighted by molar-refractivity contribution is 0.441. The van der Waals surface area contributed by atoms with Gasteiger partial charge in [-0.15, -0.1) is 10.2 Å². The monoisotopic (exact) mass is 330 g/mol. The number of nitrogens with one attached hydrogen (secondary N) is 1. The van der Waals surface area contributed by atoms with Crippen LogP contribution in [0.25, 0.3) is 5.65 Å². The van der Waals surface area contributed by atoms with E-state index in [0.29, 0.717) is 11.5 Å². The highest BCUT2D eigenvalue weighted by molar-refractivity contribution is 7.89. The van der Waals surface area contributed by atoms with Crippen LogP contribution < -0.4 is 4.72 Å². The number of sulfonamides is 1. The summed E-state index contributed by atoms with van der Waals surface area (Å²) in [7, 11) is -3.63. The lowest BCUT2D eigenvalue weighted by Crippen LogP contribution is -2.33. The van der Waals surface area contributed by atoms with Crippen molar-refractivity contribution in [1.82, 2.24) is 19.3 Å². The van der Waals surface area contributed by atoms with Gasteiger partial charge in [-0.3, -0.25) is 4.40 Å². The molecule has 0 saturated heterocycles. The molecule has 0 aliphatic rings. The zero-order valence-corrected chi connectivity index (χ0v) is 13.7. The molecule has 0 spiro atoms. The minimum atomic E-state index is -3.63. The first-order valence-electron chi connectivity index (χ1n) is 7.36. The fourth-order valence-corrected chi connectivity index (χ4v) is 3.76. The zero-order chi connectivity index (χ0) is 16.4. The first-order chi connectivity index (χ1) is 11.0. The van der Waals surface area contributed by atoms with Gasteiger partial charge >= 0.3 is 0 Å². The predicted octanol–water partition coefficient (Wildman–Crippen LogP) is 2.40. The molecule has 6 nitrogen and oxygen atoms in total. The van der Waals surface area contributed by atoms with Gasteiger partial charge in [0.25, 0.3) is 0 Å². The molecule has 1 aromatic carbocycles. The molecule has 0 aliphatic heterocycles. The lowest BCUT2D eigenvalue weighted by Gasteiger charge is -2.20. The molecule has 0 amide bonds. The van der Waals surface area contributed by atoms with Crippen LogP contribution >= 0.6 is 0 Å². The van der Waals surface area contributed by atoms with E-state index in [2.05, 4.69) is 14.9 Å². The predicted molar refractivity (Wildman–Crippen MR) is 87.3 cm³/mol. The van der Waals surface area contributed by atoms with Crippen molar-refractivity contribution in [2.75, 3.05) is 0 Å². The molecular weight excluding hydrogens is 312 g/mol. The summed E-state index contributed by atoms with van der Waals surface area (Å²) in [5, 5.41) is 8.28. The molecule has 0 fully saturated rings. The Bertz CT molecular complexity index is 904. The van der Waals surface area contributed by atoms with Crippen LogP contribution in [-0.2, 0) is 10.0 Å². The normalized spacial score (nSPS) is 13.5. The van der Waals surface area contributed by atoms with Gasteiger partial charge in [0.1, 0.15) is 0 Å². The number of nitrogens with zero attached hydrogens (tertiary/aromatic N) is 3. The van der Waals surface area contributed by atoms with E-state index in [9.17, 15) is 8.42 Å². The van der Waals surface area contributed by atoms with E-state index in [1.807, 2.05) is 38.2 Å². The second-order valence-electron chi connectivity index (χ2n) is 5.64. The van der Waals surface area contributed by atoms with Crippen LogP contribution in [0.5, 0.6) is 0 Å². The number of hydrogen-bond donors (Lipinski definition) is 1. The van der Waals surface area contributed by atoms with Crippen LogP contribution in [0.1, 0.15) is 25.7 Å². The summed E-state index contributed by atoms with van der Waals surface area (Å²) in [5.41, 5.74) is 0.687. The van der Waals surface area contributed by atoms with Gasteiger partial charge in [-0.25, -0.2) is 13.1 Å². The largest absolute Gasteiger partial charge is 0.285 e. The number of benzene rings is 1. The minimum absolute atomic E-state index is 0.0149. The lowest BCUT2D eigenvalue weighted by atomic mass is 10.1. The van der Waals surface area contributed by atoms with Crippen molar-refractivity contribution in [3.8, 4) is 0 Å². The molecule has 0 radical (unpaired) electrons. The van der Waals surface area contributed by atoms with E-state index >= 15 is 0 Å². The molecular formula is C16H18N4O2S. The van der Waals surface area contributed by atoms with E-state index < -0.39 is 16.1 Å². The fourth-order valence-electron chi connectivity index (χ4n) is 2.39. The number of hydrogen-bond acceptors (Lipinski definition) is 4. The highest BCUT2D eigenvalue weighted by atomic mass is 32.2. The molecule has 2 heterocycles. The third kappa shape index (κ3) is 3.11. The van der Waals surface area contributed by atoms with Crippen LogP contribution in [0.15, 0.2) is 59.6 Å². The Morgan fingerprint density at radius 3 is 2.39 bits per heavy atom. The molecule has 23 heavy (non-hydrogen) atoms. The summed E-state index contributed by atoms with van der Waals surface area (Å²) in [4.78, 5) is 0.236. The molecule has 1 atom stereocenters. The molecule has 0 saturated carbocycles. The first kappa shape index (κ1) is 15.6. The fraction of sp³-hybridized carbons (Fsp3) is 0.250. The molecule has 1 N–H and O–H groups in total. The van der Waals surface area contributed by atoms with E-state index in [0.717, 1.165) is 0 Å². The van der Waals surface area contributed by atoms with Crippen LogP contribution in [0, 0.1) is 5.92 Å². The quantitative estimate of drug-likeness (QED) is 0.779. The molecule has 2 aromatic heterocycles. The van der Waals surface area contributed by atoms with Crippen LogP contribution in [0.3, 0.4) is 0 Å². The molecule has 0 aliphatic carbocycles. The average molecular weight is 330 g/mol. The summed E-state index contributed by atoms with van der Waals surface area (Å²) < 4.78 is 29.8. The molecule has 120 valence electrons. The van der Waals surface area contributed by atoms with Crippen molar-refractivity contribution >= 4 is 15.7 Å². The van der Waals surface area contributed by atoms with Crippen molar-refractivity contribution in [3.05, 3.63) is 60.6 Å². The van der Waals surface area contributed by atoms with Crippen molar-refractivity contribution < 1.29 is 8.42 Å². The van der Waals surface area contributed by atoms with Crippen LogP contribution in [-0.4, -0.2) is 23.0 Å². The van der Waals surface area contributed by atoms with Crippen molar-refractivity contribution in [2.24, 2.45) is 5.92 Å². The zero-order valence-electron chi connectivity index (χ0n) is 12.9. The first-order valence-corrected chi connectivity index (χ1v) is 8.84. The third-order valence-electron chi connectivity index (χ3n) is 3.62. The minimum Gasteiger partial charge on any atom is -0.285 e. The maximum Gasteiger partial charge on any atom is 0.241 e. The maximum absolute atomic E-state index is 12.6. The number of pyridine rings is 1. The second kappa shape index (κ2) is 6.10. The van der Waals surface area contributed by atoms with Gasteiger partial charge in [-0.05, 0) is 30.2 Å². The van der Waals surface area contributed by atoms with Crippen molar-refractivity contribution in [3.63, 3.8) is 0 Å². The Morgan fingerprint density at radius 1 is 1.00 bits per heavy atom. The Kier molecular flexibility index (Phi) is 4.14.